The van der Waals surface area contributed by atoms with Gasteiger partial charge in [-0.1, -0.05) is 13.8 Å². The highest BCUT2D eigenvalue weighted by atomic mass is 16.5. The van der Waals surface area contributed by atoms with Gasteiger partial charge in [-0.2, -0.15) is 0 Å². The standard InChI is InChI=1S/C19H30N4O4/c1-5-22(6-2)10-9-20-19(25)21-14-11-18(24)23(13-14)15-7-8-16(26-3)17(12-15)27-4/h7-8,12,14H,5-6,9-11,13H2,1-4H3,(H2,20,21,25). The van der Waals surface area contributed by atoms with E-state index in [1.165, 1.54) is 0 Å². The maximum Gasteiger partial charge on any atom is 0.315 e. The molecule has 1 aliphatic heterocycles. The lowest BCUT2D eigenvalue weighted by Crippen LogP contribution is -2.45. The van der Waals surface area contributed by atoms with E-state index in [0.717, 1.165) is 25.3 Å². The molecule has 0 bridgehead atoms. The van der Waals surface area contributed by atoms with Gasteiger partial charge in [-0.25, -0.2) is 4.79 Å². The fourth-order valence-electron chi connectivity index (χ4n) is 3.15. The number of urea groups is 1. The van der Waals surface area contributed by atoms with Crippen LogP contribution in [0.1, 0.15) is 20.3 Å². The first-order chi connectivity index (χ1) is 13.0. The summed E-state index contributed by atoms with van der Waals surface area (Å²) in [6.45, 7) is 7.91. The maximum atomic E-state index is 12.4. The van der Waals surface area contributed by atoms with Crippen LogP contribution in [-0.4, -0.2) is 69.8 Å². The largest absolute Gasteiger partial charge is 0.493 e. The summed E-state index contributed by atoms with van der Waals surface area (Å²) in [5.41, 5.74) is 0.726. The average molecular weight is 378 g/mol. The highest BCUT2D eigenvalue weighted by molar-refractivity contribution is 5.97. The molecule has 3 amide bonds. The van der Waals surface area contributed by atoms with Gasteiger partial charge in [0.05, 0.1) is 20.3 Å². The van der Waals surface area contributed by atoms with Gasteiger partial charge in [0.25, 0.3) is 0 Å². The number of carbonyl (C=O) groups is 2. The second kappa shape index (κ2) is 10.0. The average Bonchev–Trinajstić information content (AvgIpc) is 3.04. The lowest BCUT2D eigenvalue weighted by atomic mass is 10.2. The topological polar surface area (TPSA) is 83.1 Å². The minimum Gasteiger partial charge on any atom is -0.493 e. The van der Waals surface area contributed by atoms with Gasteiger partial charge in [0.1, 0.15) is 0 Å². The Hall–Kier alpha value is -2.48. The van der Waals surface area contributed by atoms with Gasteiger partial charge in [-0.05, 0) is 25.2 Å². The predicted molar refractivity (Wildman–Crippen MR) is 105 cm³/mol. The van der Waals surface area contributed by atoms with Gasteiger partial charge < -0.3 is 29.9 Å². The fraction of sp³-hybridized carbons (Fsp3) is 0.579. The van der Waals surface area contributed by atoms with E-state index in [4.69, 9.17) is 9.47 Å². The van der Waals surface area contributed by atoms with Gasteiger partial charge in [0.15, 0.2) is 11.5 Å². The number of methoxy groups -OCH3 is 2. The molecule has 27 heavy (non-hydrogen) atoms. The van der Waals surface area contributed by atoms with E-state index in [1.54, 1.807) is 31.3 Å². The molecule has 2 rings (SSSR count). The van der Waals surface area contributed by atoms with Crippen molar-refractivity contribution in [3.63, 3.8) is 0 Å². The number of carbonyl (C=O) groups excluding carboxylic acids is 2. The van der Waals surface area contributed by atoms with Crippen molar-refractivity contribution in [2.24, 2.45) is 0 Å². The van der Waals surface area contributed by atoms with Crippen LogP contribution in [0.15, 0.2) is 18.2 Å². The van der Waals surface area contributed by atoms with Crippen molar-refractivity contribution in [1.29, 1.82) is 0 Å². The van der Waals surface area contributed by atoms with Gasteiger partial charge in [-0.15, -0.1) is 0 Å². The third-order valence-electron chi connectivity index (χ3n) is 4.75. The molecule has 1 fully saturated rings. The summed E-state index contributed by atoms with van der Waals surface area (Å²) < 4.78 is 10.5. The summed E-state index contributed by atoms with van der Waals surface area (Å²) in [4.78, 5) is 28.4. The fourth-order valence-corrected chi connectivity index (χ4v) is 3.15. The molecule has 8 nitrogen and oxygen atoms in total. The third kappa shape index (κ3) is 5.50. The molecular formula is C19H30N4O4. The molecule has 1 unspecified atom stereocenters. The molecule has 1 heterocycles. The molecular weight excluding hydrogens is 348 g/mol. The summed E-state index contributed by atoms with van der Waals surface area (Å²) in [7, 11) is 3.12. The number of nitrogens with one attached hydrogen (secondary N) is 2. The van der Waals surface area contributed by atoms with Crippen LogP contribution in [0.5, 0.6) is 11.5 Å². The summed E-state index contributed by atoms with van der Waals surface area (Å²) >= 11 is 0. The van der Waals surface area contributed by atoms with Crippen LogP contribution in [0.3, 0.4) is 0 Å². The Labute approximate surface area is 160 Å². The predicted octanol–water partition coefficient (Wildman–Crippen LogP) is 1.45. The molecule has 1 saturated heterocycles. The van der Waals surface area contributed by atoms with E-state index < -0.39 is 0 Å². The number of nitrogens with zero attached hydrogens (tertiary/aromatic N) is 2. The molecule has 1 aromatic carbocycles. The SMILES string of the molecule is CCN(CC)CCNC(=O)NC1CC(=O)N(c2ccc(OC)c(OC)c2)C1. The van der Waals surface area contributed by atoms with E-state index in [1.807, 2.05) is 6.07 Å². The highest BCUT2D eigenvalue weighted by Gasteiger charge is 2.32. The lowest BCUT2D eigenvalue weighted by Gasteiger charge is -2.20. The second-order valence-electron chi connectivity index (χ2n) is 6.37. The van der Waals surface area contributed by atoms with Crippen molar-refractivity contribution in [3.8, 4) is 11.5 Å². The van der Waals surface area contributed by atoms with Gasteiger partial charge >= 0.3 is 6.03 Å². The highest BCUT2D eigenvalue weighted by Crippen LogP contribution is 2.33. The van der Waals surface area contributed by atoms with E-state index in [2.05, 4.69) is 29.4 Å². The number of ether oxygens (including phenoxy) is 2. The van der Waals surface area contributed by atoms with E-state index in [-0.39, 0.29) is 24.4 Å². The third-order valence-corrected chi connectivity index (χ3v) is 4.75. The van der Waals surface area contributed by atoms with Crippen molar-refractivity contribution in [1.82, 2.24) is 15.5 Å². The molecule has 2 N–H and O–H groups in total. The first kappa shape index (κ1) is 20.8. The van der Waals surface area contributed by atoms with Crippen LogP contribution in [0, 0.1) is 0 Å². The number of benzene rings is 1. The summed E-state index contributed by atoms with van der Waals surface area (Å²) in [6, 6.07) is 4.88. The Bertz CT molecular complexity index is 649. The Kier molecular flexibility index (Phi) is 7.72. The van der Waals surface area contributed by atoms with Crippen molar-refractivity contribution >= 4 is 17.6 Å². The number of anilines is 1. The first-order valence-electron chi connectivity index (χ1n) is 9.31. The van der Waals surface area contributed by atoms with Gasteiger partial charge in [0, 0.05) is 37.8 Å². The van der Waals surface area contributed by atoms with Crippen molar-refractivity contribution < 1.29 is 19.1 Å². The molecule has 0 aliphatic carbocycles. The Morgan fingerprint density at radius 1 is 1.22 bits per heavy atom. The maximum absolute atomic E-state index is 12.4. The smallest absolute Gasteiger partial charge is 0.315 e. The molecule has 0 aromatic heterocycles. The number of amides is 3. The van der Waals surface area contributed by atoms with Gasteiger partial charge in [-0.3, -0.25) is 4.79 Å². The second-order valence-corrected chi connectivity index (χ2v) is 6.37. The Balaban J connectivity index is 1.89. The van der Waals surface area contributed by atoms with E-state index in [0.29, 0.717) is 24.6 Å². The Morgan fingerprint density at radius 3 is 2.56 bits per heavy atom. The molecule has 0 spiro atoms. The summed E-state index contributed by atoms with van der Waals surface area (Å²) in [5, 5.41) is 5.74. The lowest BCUT2D eigenvalue weighted by molar-refractivity contribution is -0.117. The van der Waals surface area contributed by atoms with Crippen molar-refractivity contribution in [3.05, 3.63) is 18.2 Å². The first-order valence-corrected chi connectivity index (χ1v) is 9.31. The van der Waals surface area contributed by atoms with Crippen LogP contribution >= 0.6 is 0 Å². The van der Waals surface area contributed by atoms with E-state index >= 15 is 0 Å². The quantitative estimate of drug-likeness (QED) is 0.680. The zero-order valence-corrected chi connectivity index (χ0v) is 16.6. The normalized spacial score (nSPS) is 16.6. The van der Waals surface area contributed by atoms with E-state index in [9.17, 15) is 9.59 Å². The monoisotopic (exact) mass is 378 g/mol. The Morgan fingerprint density at radius 2 is 1.93 bits per heavy atom. The minimum atomic E-state index is -0.242. The minimum absolute atomic E-state index is 0.0318. The molecule has 1 atom stereocenters. The summed E-state index contributed by atoms with van der Waals surface area (Å²) in [5.74, 6) is 1.14. The molecule has 1 aliphatic rings. The molecule has 1 aromatic rings. The van der Waals surface area contributed by atoms with Crippen LogP contribution in [0.25, 0.3) is 0 Å². The molecule has 150 valence electrons. The van der Waals surface area contributed by atoms with Crippen LogP contribution in [0.4, 0.5) is 10.5 Å². The number of rotatable bonds is 9. The van der Waals surface area contributed by atoms with Crippen LogP contribution in [-0.2, 0) is 4.79 Å². The molecule has 8 heteroatoms. The summed E-state index contributed by atoms with van der Waals surface area (Å²) in [6.07, 6.45) is 0.276. The zero-order chi connectivity index (χ0) is 19.8. The van der Waals surface area contributed by atoms with Crippen LogP contribution in [0.2, 0.25) is 0 Å². The zero-order valence-electron chi connectivity index (χ0n) is 16.6. The van der Waals surface area contributed by atoms with Gasteiger partial charge in [0.2, 0.25) is 5.91 Å². The molecule has 0 radical (unpaired) electrons. The number of hydrogen-bond acceptors (Lipinski definition) is 5. The number of hydrogen-bond donors (Lipinski definition) is 2. The van der Waals surface area contributed by atoms with Crippen molar-refractivity contribution in [2.45, 2.75) is 26.3 Å². The molecule has 0 saturated carbocycles. The van der Waals surface area contributed by atoms with Crippen LogP contribution < -0.4 is 25.0 Å². The van der Waals surface area contributed by atoms with Crippen molar-refractivity contribution in [2.75, 3.05) is 51.8 Å². The number of likely N-dealkylation sites (N-methyl/N-ethyl adjacent to an activating group) is 1.